The molecule has 0 radical (unpaired) electrons. The second-order valence-electron chi connectivity index (χ2n) is 11.4. The zero-order valence-corrected chi connectivity index (χ0v) is 25.7. The maximum Gasteiger partial charge on any atom is 0.410 e. The largest absolute Gasteiger partial charge is 0.480 e. The minimum Gasteiger partial charge on any atom is -0.480 e. The van der Waals surface area contributed by atoms with Gasteiger partial charge in [0.2, 0.25) is 5.88 Å². The number of piperazine rings is 1. The van der Waals surface area contributed by atoms with Gasteiger partial charge < -0.3 is 19.3 Å². The Bertz CT molecular complexity index is 1830. The van der Waals surface area contributed by atoms with Crippen LogP contribution in [0, 0.1) is 11.6 Å². The Morgan fingerprint density at radius 1 is 1.02 bits per heavy atom. The van der Waals surface area contributed by atoms with Crippen LogP contribution in [-0.2, 0) is 14.8 Å². The molecule has 1 amide bonds. The number of nitrogens with one attached hydrogen (secondary N) is 1. The molecule has 5 rings (SSSR count). The van der Waals surface area contributed by atoms with Crippen LogP contribution >= 0.6 is 0 Å². The number of nitrogens with zero attached hydrogens (tertiary/aromatic N) is 5. The Morgan fingerprint density at radius 3 is 2.48 bits per heavy atom. The van der Waals surface area contributed by atoms with Crippen molar-refractivity contribution in [3.8, 4) is 17.0 Å². The molecule has 1 fully saturated rings. The summed E-state index contributed by atoms with van der Waals surface area (Å²) in [5.74, 6) is -1.49. The fourth-order valence-electron chi connectivity index (χ4n) is 4.95. The molecule has 1 atom stereocenters. The maximum atomic E-state index is 14.3. The van der Waals surface area contributed by atoms with E-state index in [1.807, 2.05) is 45.9 Å². The van der Waals surface area contributed by atoms with Gasteiger partial charge in [0.25, 0.3) is 10.0 Å². The number of rotatable bonds is 6. The lowest BCUT2D eigenvalue weighted by Crippen LogP contribution is -2.54. The van der Waals surface area contributed by atoms with Crippen LogP contribution in [0.25, 0.3) is 22.0 Å². The molecule has 0 unspecified atom stereocenters. The molecule has 1 aliphatic heterocycles. The van der Waals surface area contributed by atoms with E-state index >= 15 is 0 Å². The third kappa shape index (κ3) is 6.49. The summed E-state index contributed by atoms with van der Waals surface area (Å²) in [5.41, 5.74) is 1.27. The number of amides is 1. The molecule has 4 aromatic rings. The van der Waals surface area contributed by atoms with Gasteiger partial charge in [0.05, 0.1) is 12.6 Å². The molecular weight excluding hydrogens is 594 g/mol. The lowest BCUT2D eigenvalue weighted by molar-refractivity contribution is 0.0218. The van der Waals surface area contributed by atoms with Gasteiger partial charge in [-0.25, -0.2) is 36.9 Å². The first-order valence-electron chi connectivity index (χ1n) is 13.8. The van der Waals surface area contributed by atoms with E-state index in [4.69, 9.17) is 9.47 Å². The topological polar surface area (TPSA) is 127 Å². The molecule has 0 spiro atoms. The van der Waals surface area contributed by atoms with Gasteiger partial charge in [-0.2, -0.15) is 0 Å². The van der Waals surface area contributed by atoms with Gasteiger partial charge in [0.15, 0.2) is 0 Å². The van der Waals surface area contributed by atoms with Crippen LogP contribution in [0.5, 0.6) is 5.88 Å². The van der Waals surface area contributed by atoms with Crippen molar-refractivity contribution in [3.05, 3.63) is 66.6 Å². The van der Waals surface area contributed by atoms with Gasteiger partial charge in [-0.1, -0.05) is 6.07 Å². The number of halogens is 2. The van der Waals surface area contributed by atoms with E-state index < -0.39 is 32.2 Å². The number of carbonyl (C=O) groups is 1. The molecule has 1 saturated heterocycles. The minimum atomic E-state index is -4.45. The van der Waals surface area contributed by atoms with Crippen molar-refractivity contribution in [2.45, 2.75) is 44.2 Å². The van der Waals surface area contributed by atoms with Crippen LogP contribution in [-0.4, -0.2) is 72.7 Å². The maximum absolute atomic E-state index is 14.3. The van der Waals surface area contributed by atoms with Gasteiger partial charge in [-0.3, -0.25) is 4.72 Å². The summed E-state index contributed by atoms with van der Waals surface area (Å²) in [6.45, 7) is 8.91. The number of carbonyl (C=O) groups excluding carboxylic acids is 1. The predicted molar refractivity (Wildman–Crippen MR) is 161 cm³/mol. The molecule has 2 aromatic heterocycles. The molecule has 232 valence electrons. The Morgan fingerprint density at radius 2 is 1.80 bits per heavy atom. The monoisotopic (exact) mass is 626 g/mol. The first kappa shape index (κ1) is 30.9. The van der Waals surface area contributed by atoms with Gasteiger partial charge in [-0.15, -0.1) is 0 Å². The van der Waals surface area contributed by atoms with Gasteiger partial charge in [0, 0.05) is 48.9 Å². The van der Waals surface area contributed by atoms with Crippen LogP contribution < -0.4 is 14.4 Å². The average Bonchev–Trinajstić information content (AvgIpc) is 2.95. The summed E-state index contributed by atoms with van der Waals surface area (Å²) >= 11 is 0. The van der Waals surface area contributed by atoms with E-state index in [0.29, 0.717) is 48.2 Å². The molecule has 0 saturated carbocycles. The zero-order chi connectivity index (χ0) is 31.8. The quantitative estimate of drug-likeness (QED) is 0.306. The molecule has 2 aromatic carbocycles. The lowest BCUT2D eigenvalue weighted by atomic mass is 10.0. The number of sulfonamides is 1. The molecule has 0 bridgehead atoms. The number of aromatic nitrogens is 3. The third-order valence-electron chi connectivity index (χ3n) is 6.97. The predicted octanol–water partition coefficient (Wildman–Crippen LogP) is 5.23. The van der Waals surface area contributed by atoms with Crippen LogP contribution in [0.3, 0.4) is 0 Å². The summed E-state index contributed by atoms with van der Waals surface area (Å²) in [4.78, 5) is 29.0. The van der Waals surface area contributed by atoms with Crippen molar-refractivity contribution >= 4 is 38.5 Å². The highest BCUT2D eigenvalue weighted by Gasteiger charge is 2.31. The standard InChI is InChI=1S/C30H32F2N6O5S/c1-18-16-37(29(39)43-30(2,3)4)10-11-38(18)27-22-12-19(6-8-24(22)34-17-35-27)20-13-25(28(42-5)33-15-20)36-44(40,41)26-9-7-21(31)14-23(26)32/h6-9,12-15,17-18,36H,10-11,16H2,1-5H3/t18-/m0/s1. The van der Waals surface area contributed by atoms with Crippen molar-refractivity contribution in [3.63, 3.8) is 0 Å². The Hall–Kier alpha value is -4.59. The Kier molecular flexibility index (Phi) is 8.30. The second kappa shape index (κ2) is 11.8. The van der Waals surface area contributed by atoms with E-state index in [2.05, 4.69) is 24.6 Å². The number of hydrogen-bond acceptors (Lipinski definition) is 9. The summed E-state index contributed by atoms with van der Waals surface area (Å²) in [5, 5.41) is 0.744. The fraction of sp³-hybridized carbons (Fsp3) is 0.333. The summed E-state index contributed by atoms with van der Waals surface area (Å²) in [6.07, 6.45) is 2.64. The first-order chi connectivity index (χ1) is 20.8. The molecule has 1 aliphatic rings. The first-order valence-corrected chi connectivity index (χ1v) is 15.3. The van der Waals surface area contributed by atoms with E-state index in [9.17, 15) is 22.0 Å². The van der Waals surface area contributed by atoms with Gasteiger partial charge >= 0.3 is 6.09 Å². The Labute approximate surface area is 253 Å². The van der Waals surface area contributed by atoms with E-state index in [0.717, 1.165) is 17.5 Å². The number of hydrogen-bond donors (Lipinski definition) is 1. The summed E-state index contributed by atoms with van der Waals surface area (Å²) in [6, 6.07) is 9.13. The van der Waals surface area contributed by atoms with Crippen LogP contribution in [0.4, 0.5) is 25.1 Å². The Balaban J connectivity index is 1.46. The minimum absolute atomic E-state index is 0.0368. The van der Waals surface area contributed by atoms with E-state index in [1.165, 1.54) is 25.7 Å². The van der Waals surface area contributed by atoms with E-state index in [-0.39, 0.29) is 23.7 Å². The highest BCUT2D eigenvalue weighted by atomic mass is 32.2. The smallest absolute Gasteiger partial charge is 0.410 e. The highest BCUT2D eigenvalue weighted by molar-refractivity contribution is 7.92. The van der Waals surface area contributed by atoms with Crippen LogP contribution in [0.2, 0.25) is 0 Å². The molecule has 44 heavy (non-hydrogen) atoms. The fourth-order valence-corrected chi connectivity index (χ4v) is 6.06. The van der Waals surface area contributed by atoms with Crippen LogP contribution in [0.15, 0.2) is 59.9 Å². The number of ether oxygens (including phenoxy) is 2. The summed E-state index contributed by atoms with van der Waals surface area (Å²) in [7, 11) is -3.13. The summed E-state index contributed by atoms with van der Waals surface area (Å²) < 4.78 is 66.8. The normalized spacial score (nSPS) is 15.8. The number of pyridine rings is 1. The molecule has 11 nitrogen and oxygen atoms in total. The van der Waals surface area contributed by atoms with Crippen molar-refractivity contribution in [1.82, 2.24) is 19.9 Å². The van der Waals surface area contributed by atoms with Crippen LogP contribution in [0.1, 0.15) is 27.7 Å². The molecule has 1 N–H and O–H groups in total. The van der Waals surface area contributed by atoms with Crippen molar-refractivity contribution < 1.29 is 31.5 Å². The number of methoxy groups -OCH3 is 1. The van der Waals surface area contributed by atoms with Crippen molar-refractivity contribution in [2.75, 3.05) is 36.4 Å². The second-order valence-corrected chi connectivity index (χ2v) is 13.0. The van der Waals surface area contributed by atoms with Crippen molar-refractivity contribution in [2.24, 2.45) is 0 Å². The van der Waals surface area contributed by atoms with E-state index in [1.54, 1.807) is 4.90 Å². The zero-order valence-electron chi connectivity index (χ0n) is 24.8. The molecular formula is C30H32F2N6O5S. The number of benzene rings is 2. The number of fused-ring (bicyclic) bond motifs is 1. The van der Waals surface area contributed by atoms with Crippen molar-refractivity contribution in [1.29, 1.82) is 0 Å². The highest BCUT2D eigenvalue weighted by Crippen LogP contribution is 2.34. The van der Waals surface area contributed by atoms with Gasteiger partial charge in [-0.05, 0) is 63.6 Å². The number of anilines is 2. The molecule has 3 heterocycles. The van der Waals surface area contributed by atoms with Gasteiger partial charge in [0.1, 0.15) is 40.0 Å². The average molecular weight is 627 g/mol. The third-order valence-corrected chi connectivity index (χ3v) is 8.37. The lowest BCUT2D eigenvalue weighted by Gasteiger charge is -2.41. The SMILES string of the molecule is COc1ncc(-c2ccc3ncnc(N4CCN(C(=O)OC(C)(C)C)C[C@@H]4C)c3c2)cc1NS(=O)(=O)c1ccc(F)cc1F. The molecule has 0 aliphatic carbocycles. The molecule has 14 heteroatoms.